The van der Waals surface area contributed by atoms with Gasteiger partial charge in [-0.15, -0.1) is 11.6 Å². The standard InChI is InChI=1S/C16H22ClNO/c1-12-4-2-3-5-14(12)10-16(19)18-11-13-6-8-15(17)9-7-13/h2-5,13,15H,6-11H2,1H3,(H,18,19). The SMILES string of the molecule is Cc1ccccc1CC(=O)NCC1CCC(Cl)CC1. The molecular formula is C16H22ClNO. The molecule has 1 aliphatic carbocycles. The molecule has 1 amide bonds. The molecule has 0 aromatic heterocycles. The molecule has 2 nitrogen and oxygen atoms in total. The number of hydrogen-bond acceptors (Lipinski definition) is 1. The van der Waals surface area contributed by atoms with Crippen LogP contribution in [0.3, 0.4) is 0 Å². The van der Waals surface area contributed by atoms with Gasteiger partial charge in [0.25, 0.3) is 0 Å². The monoisotopic (exact) mass is 279 g/mol. The van der Waals surface area contributed by atoms with E-state index >= 15 is 0 Å². The van der Waals surface area contributed by atoms with Gasteiger partial charge in [-0.05, 0) is 49.7 Å². The minimum absolute atomic E-state index is 0.127. The van der Waals surface area contributed by atoms with Crippen molar-refractivity contribution in [2.24, 2.45) is 5.92 Å². The average molecular weight is 280 g/mol. The second-order valence-electron chi connectivity index (χ2n) is 5.53. The molecule has 19 heavy (non-hydrogen) atoms. The molecule has 1 saturated carbocycles. The number of aryl methyl sites for hydroxylation is 1. The highest BCUT2D eigenvalue weighted by Crippen LogP contribution is 2.26. The minimum atomic E-state index is 0.127. The van der Waals surface area contributed by atoms with Gasteiger partial charge in [0.15, 0.2) is 0 Å². The van der Waals surface area contributed by atoms with Crippen LogP contribution in [-0.4, -0.2) is 17.8 Å². The zero-order valence-electron chi connectivity index (χ0n) is 11.5. The molecule has 0 heterocycles. The second kappa shape index (κ2) is 6.95. The first-order valence-electron chi connectivity index (χ1n) is 7.10. The first-order chi connectivity index (χ1) is 9.15. The molecule has 0 saturated heterocycles. The summed E-state index contributed by atoms with van der Waals surface area (Å²) in [6.07, 6.45) is 4.93. The number of benzene rings is 1. The lowest BCUT2D eigenvalue weighted by Gasteiger charge is -2.25. The topological polar surface area (TPSA) is 29.1 Å². The van der Waals surface area contributed by atoms with Crippen LogP contribution < -0.4 is 5.32 Å². The van der Waals surface area contributed by atoms with Gasteiger partial charge in [0.1, 0.15) is 0 Å². The lowest BCUT2D eigenvalue weighted by molar-refractivity contribution is -0.120. The van der Waals surface area contributed by atoms with Crippen LogP contribution in [0.2, 0.25) is 0 Å². The van der Waals surface area contributed by atoms with Crippen molar-refractivity contribution in [3.63, 3.8) is 0 Å². The van der Waals surface area contributed by atoms with E-state index in [0.29, 0.717) is 17.7 Å². The molecule has 0 unspecified atom stereocenters. The Balaban J connectivity index is 1.74. The number of amides is 1. The summed E-state index contributed by atoms with van der Waals surface area (Å²) >= 11 is 6.08. The Hall–Kier alpha value is -1.02. The zero-order chi connectivity index (χ0) is 13.7. The van der Waals surface area contributed by atoms with Crippen molar-refractivity contribution in [3.8, 4) is 0 Å². The summed E-state index contributed by atoms with van der Waals surface area (Å²) < 4.78 is 0. The third kappa shape index (κ3) is 4.54. The molecule has 3 heteroatoms. The third-order valence-electron chi connectivity index (χ3n) is 3.98. The van der Waals surface area contributed by atoms with Gasteiger partial charge < -0.3 is 5.32 Å². The predicted octanol–water partition coefficient (Wildman–Crippen LogP) is 3.45. The Morgan fingerprint density at radius 3 is 2.63 bits per heavy atom. The molecule has 1 aliphatic rings. The van der Waals surface area contributed by atoms with E-state index in [4.69, 9.17) is 11.6 Å². The quantitative estimate of drug-likeness (QED) is 0.841. The maximum absolute atomic E-state index is 11.9. The predicted molar refractivity (Wildman–Crippen MR) is 79.5 cm³/mol. The highest BCUT2D eigenvalue weighted by molar-refractivity contribution is 6.20. The van der Waals surface area contributed by atoms with Gasteiger partial charge in [-0.3, -0.25) is 4.79 Å². The molecule has 0 radical (unpaired) electrons. The number of hydrogen-bond donors (Lipinski definition) is 1. The molecule has 0 bridgehead atoms. The number of halogens is 1. The maximum Gasteiger partial charge on any atom is 0.224 e. The minimum Gasteiger partial charge on any atom is -0.356 e. The smallest absolute Gasteiger partial charge is 0.224 e. The number of rotatable bonds is 4. The van der Waals surface area contributed by atoms with Crippen molar-refractivity contribution in [2.45, 2.75) is 44.4 Å². The number of carbonyl (C=O) groups excluding carboxylic acids is 1. The number of carbonyl (C=O) groups is 1. The molecule has 0 atom stereocenters. The van der Waals surface area contributed by atoms with Crippen LogP contribution in [0.5, 0.6) is 0 Å². The summed E-state index contributed by atoms with van der Waals surface area (Å²) in [6, 6.07) is 8.05. The van der Waals surface area contributed by atoms with Gasteiger partial charge >= 0.3 is 0 Å². The fourth-order valence-electron chi connectivity index (χ4n) is 2.63. The molecule has 1 aromatic rings. The molecule has 1 aromatic carbocycles. The first-order valence-corrected chi connectivity index (χ1v) is 7.54. The van der Waals surface area contributed by atoms with Gasteiger partial charge in [-0.2, -0.15) is 0 Å². The molecular weight excluding hydrogens is 258 g/mol. The van der Waals surface area contributed by atoms with E-state index in [2.05, 4.69) is 5.32 Å². The van der Waals surface area contributed by atoms with Crippen LogP contribution in [-0.2, 0) is 11.2 Å². The van der Waals surface area contributed by atoms with Gasteiger partial charge in [0.2, 0.25) is 5.91 Å². The van der Waals surface area contributed by atoms with E-state index in [9.17, 15) is 4.79 Å². The van der Waals surface area contributed by atoms with E-state index in [0.717, 1.165) is 37.8 Å². The van der Waals surface area contributed by atoms with E-state index < -0.39 is 0 Å². The summed E-state index contributed by atoms with van der Waals surface area (Å²) in [6.45, 7) is 2.85. The van der Waals surface area contributed by atoms with Crippen LogP contribution >= 0.6 is 11.6 Å². The Kier molecular flexibility index (Phi) is 5.26. The van der Waals surface area contributed by atoms with Crippen molar-refractivity contribution in [1.29, 1.82) is 0 Å². The molecule has 1 fully saturated rings. The number of alkyl halides is 1. The Morgan fingerprint density at radius 2 is 1.95 bits per heavy atom. The first kappa shape index (κ1) is 14.4. The molecule has 0 aliphatic heterocycles. The fourth-order valence-corrected chi connectivity index (χ4v) is 2.88. The van der Waals surface area contributed by atoms with Crippen molar-refractivity contribution >= 4 is 17.5 Å². The van der Waals surface area contributed by atoms with E-state index in [-0.39, 0.29) is 5.91 Å². The van der Waals surface area contributed by atoms with Crippen molar-refractivity contribution in [1.82, 2.24) is 5.32 Å². The van der Waals surface area contributed by atoms with E-state index in [1.165, 1.54) is 5.56 Å². The average Bonchev–Trinajstić information content (AvgIpc) is 2.41. The van der Waals surface area contributed by atoms with Gasteiger partial charge in [0.05, 0.1) is 6.42 Å². The van der Waals surface area contributed by atoms with Gasteiger partial charge in [0, 0.05) is 11.9 Å². The lowest BCUT2D eigenvalue weighted by atomic mass is 9.89. The van der Waals surface area contributed by atoms with Crippen LogP contribution in [0.1, 0.15) is 36.8 Å². The normalized spacial score (nSPS) is 23.1. The van der Waals surface area contributed by atoms with Crippen LogP contribution in [0.25, 0.3) is 0 Å². The Bertz CT molecular complexity index is 425. The summed E-state index contributed by atoms with van der Waals surface area (Å²) in [5.41, 5.74) is 2.30. The second-order valence-corrected chi connectivity index (χ2v) is 6.14. The summed E-state index contributed by atoms with van der Waals surface area (Å²) in [5.74, 6) is 0.734. The highest BCUT2D eigenvalue weighted by atomic mass is 35.5. The van der Waals surface area contributed by atoms with Crippen LogP contribution in [0, 0.1) is 12.8 Å². The summed E-state index contributed by atoms with van der Waals surface area (Å²) in [5, 5.41) is 3.41. The zero-order valence-corrected chi connectivity index (χ0v) is 12.2. The Morgan fingerprint density at radius 1 is 1.26 bits per heavy atom. The molecule has 1 N–H and O–H groups in total. The highest BCUT2D eigenvalue weighted by Gasteiger charge is 2.19. The molecule has 0 spiro atoms. The Labute approximate surface area is 120 Å². The van der Waals surface area contributed by atoms with Crippen LogP contribution in [0.4, 0.5) is 0 Å². The number of nitrogens with one attached hydrogen (secondary N) is 1. The van der Waals surface area contributed by atoms with Gasteiger partial charge in [-0.25, -0.2) is 0 Å². The van der Waals surface area contributed by atoms with Crippen molar-refractivity contribution in [2.75, 3.05) is 6.54 Å². The van der Waals surface area contributed by atoms with Crippen molar-refractivity contribution in [3.05, 3.63) is 35.4 Å². The summed E-state index contributed by atoms with van der Waals surface area (Å²) in [7, 11) is 0. The van der Waals surface area contributed by atoms with Gasteiger partial charge in [-0.1, -0.05) is 24.3 Å². The molecule has 2 rings (SSSR count). The lowest BCUT2D eigenvalue weighted by Crippen LogP contribution is -2.32. The summed E-state index contributed by atoms with van der Waals surface area (Å²) in [4.78, 5) is 11.9. The van der Waals surface area contributed by atoms with E-state index in [1.54, 1.807) is 0 Å². The molecule has 104 valence electrons. The maximum atomic E-state index is 11.9. The van der Waals surface area contributed by atoms with E-state index in [1.807, 2.05) is 31.2 Å². The van der Waals surface area contributed by atoms with Crippen LogP contribution in [0.15, 0.2) is 24.3 Å². The third-order valence-corrected chi connectivity index (χ3v) is 4.41. The van der Waals surface area contributed by atoms with Crippen molar-refractivity contribution < 1.29 is 4.79 Å². The largest absolute Gasteiger partial charge is 0.356 e. The fraction of sp³-hybridized carbons (Fsp3) is 0.562.